The van der Waals surface area contributed by atoms with Crippen LogP contribution >= 0.6 is 22.7 Å². The molecule has 0 spiro atoms. The van der Waals surface area contributed by atoms with Crippen LogP contribution in [0.2, 0.25) is 0 Å². The number of furan rings is 1. The Morgan fingerprint density at radius 2 is 0.553 bits per heavy atom. The molecule has 0 amide bonds. The summed E-state index contributed by atoms with van der Waals surface area (Å²) in [7, 11) is 0. The number of fused-ring (bicyclic) bond motifs is 18. The van der Waals surface area contributed by atoms with Gasteiger partial charge in [-0.05, 0) is 96.6 Å². The zero-order valence-corrected chi connectivity index (χ0v) is 62.6. The summed E-state index contributed by atoms with van der Waals surface area (Å²) in [5.41, 5.74) is 19.8. The molecule has 0 saturated carbocycles. The van der Waals surface area contributed by atoms with E-state index < -0.39 is 0 Å². The van der Waals surface area contributed by atoms with E-state index in [-0.39, 0.29) is 0 Å². The normalized spacial score (nSPS) is 11.9. The van der Waals surface area contributed by atoms with Crippen molar-refractivity contribution in [3.63, 3.8) is 0 Å². The summed E-state index contributed by atoms with van der Waals surface area (Å²) in [6.45, 7) is 0. The van der Waals surface area contributed by atoms with E-state index in [1.807, 2.05) is 84.9 Å². The van der Waals surface area contributed by atoms with Crippen LogP contribution in [0, 0.1) is 0 Å². The molecule has 0 N–H and O–H groups in total. The van der Waals surface area contributed by atoms with Crippen LogP contribution in [0.1, 0.15) is 0 Å². The molecule has 0 aliphatic carbocycles. The summed E-state index contributed by atoms with van der Waals surface area (Å²) in [6, 6.07) is 131. The quantitative estimate of drug-likeness (QED) is 0.134. The van der Waals surface area contributed by atoms with Gasteiger partial charge in [0.15, 0.2) is 34.9 Å². The highest BCUT2D eigenvalue weighted by molar-refractivity contribution is 7.26. The predicted molar refractivity (Wildman–Crippen MR) is 474 cm³/mol. The molecule has 8 aromatic heterocycles. The zero-order chi connectivity index (χ0) is 74.9. The molecule has 0 saturated heterocycles. The van der Waals surface area contributed by atoms with Crippen molar-refractivity contribution in [3.8, 4) is 96.5 Å². The Balaban J connectivity index is 0.000000135. The van der Waals surface area contributed by atoms with Crippen molar-refractivity contribution in [2.75, 3.05) is 0 Å². The van der Waals surface area contributed by atoms with Gasteiger partial charge in [0, 0.05) is 139 Å². The van der Waals surface area contributed by atoms with E-state index in [1.54, 1.807) is 22.7 Å². The Hall–Kier alpha value is -14.8. The van der Waals surface area contributed by atoms with Crippen molar-refractivity contribution in [1.29, 1.82) is 0 Å². The summed E-state index contributed by atoms with van der Waals surface area (Å²) < 4.78 is 18.5. The molecule has 0 aliphatic heterocycles. The second-order valence-electron chi connectivity index (χ2n) is 28.8. The molecule has 0 unspecified atom stereocenters. The fourth-order valence-electron chi connectivity index (χ4n) is 17.0. The van der Waals surface area contributed by atoms with E-state index in [4.69, 9.17) is 34.3 Å². The van der Waals surface area contributed by atoms with Crippen LogP contribution in [0.3, 0.4) is 0 Å². The van der Waals surface area contributed by atoms with Gasteiger partial charge in [-0.3, -0.25) is 0 Å². The number of hydrogen-bond acceptors (Lipinski definition) is 9. The lowest BCUT2D eigenvalue weighted by atomic mass is 10.0. The minimum atomic E-state index is 0.638. The minimum Gasteiger partial charge on any atom is -0.455 e. The maximum Gasteiger partial charge on any atom is 0.165 e. The minimum absolute atomic E-state index is 0.638. The van der Waals surface area contributed by atoms with E-state index in [2.05, 4.69) is 299 Å². The molecule has 24 aromatic rings. The smallest absolute Gasteiger partial charge is 0.165 e. The number of benzene rings is 16. The Bertz CT molecular complexity index is 7830. The van der Waals surface area contributed by atoms with E-state index in [0.29, 0.717) is 34.9 Å². The number of aromatic nitrogens is 9. The Kier molecular flexibility index (Phi) is 15.1. The van der Waals surface area contributed by atoms with Crippen molar-refractivity contribution >= 4 is 150 Å². The molecule has 0 radical (unpaired) electrons. The van der Waals surface area contributed by atoms with E-state index in [0.717, 1.165) is 115 Å². The van der Waals surface area contributed by atoms with Crippen LogP contribution < -0.4 is 0 Å². The van der Waals surface area contributed by atoms with Gasteiger partial charge in [0.1, 0.15) is 11.2 Å². The lowest BCUT2D eigenvalue weighted by Crippen LogP contribution is -2.01. The molecule has 532 valence electrons. The van der Waals surface area contributed by atoms with Gasteiger partial charge < -0.3 is 18.1 Å². The first-order valence-electron chi connectivity index (χ1n) is 38.1. The first-order chi connectivity index (χ1) is 56.5. The third-order valence-corrected chi connectivity index (χ3v) is 24.6. The molecule has 16 aromatic carbocycles. The van der Waals surface area contributed by atoms with Crippen LogP contribution in [0.15, 0.2) is 374 Å². The molecule has 0 fully saturated rings. The van der Waals surface area contributed by atoms with E-state index >= 15 is 0 Å². The molecule has 0 aliphatic rings. The predicted octanol–water partition coefficient (Wildman–Crippen LogP) is 27.3. The molecular weight excluding hydrogens is 1430 g/mol. The maximum atomic E-state index is 6.53. The zero-order valence-electron chi connectivity index (χ0n) is 61.0. The van der Waals surface area contributed by atoms with Crippen LogP contribution in [0.5, 0.6) is 0 Å². The molecule has 114 heavy (non-hydrogen) atoms. The number of para-hydroxylation sites is 6. The first-order valence-corrected chi connectivity index (χ1v) is 39.8. The third kappa shape index (κ3) is 10.7. The van der Waals surface area contributed by atoms with Crippen LogP contribution in [0.4, 0.5) is 0 Å². The number of thiophene rings is 2. The monoisotopic (exact) mass is 1490 g/mol. The fourth-order valence-corrected chi connectivity index (χ4v) is 19.4. The molecule has 24 rings (SSSR count). The van der Waals surface area contributed by atoms with Gasteiger partial charge in [0.25, 0.3) is 0 Å². The third-order valence-electron chi connectivity index (χ3n) is 22.2. The highest BCUT2D eigenvalue weighted by atomic mass is 32.1. The summed E-state index contributed by atoms with van der Waals surface area (Å²) in [6.07, 6.45) is 0. The molecule has 12 heteroatoms. The summed E-state index contributed by atoms with van der Waals surface area (Å²) >= 11 is 3.57. The Morgan fingerprint density at radius 1 is 0.202 bits per heavy atom. The van der Waals surface area contributed by atoms with Gasteiger partial charge >= 0.3 is 0 Å². The molecule has 0 atom stereocenters. The van der Waals surface area contributed by atoms with Gasteiger partial charge in [0.2, 0.25) is 0 Å². The largest absolute Gasteiger partial charge is 0.455 e. The average molecular weight is 1490 g/mol. The highest BCUT2D eigenvalue weighted by Gasteiger charge is 2.26. The van der Waals surface area contributed by atoms with Crippen molar-refractivity contribution in [1.82, 2.24) is 43.6 Å². The van der Waals surface area contributed by atoms with Gasteiger partial charge in [0.05, 0.1) is 33.1 Å². The van der Waals surface area contributed by atoms with Crippen LogP contribution in [-0.4, -0.2) is 43.6 Å². The standard InChI is InChI=1S/C51H31N5S.C51H30N4OS/c1-3-15-32(16-4-1)49-52-50(33-17-5-2-6-18-33)54-51(53-49)42-31-35(30-41-39-22-10-14-26-47(39)57-48(41)42)56-45-25-13-9-21-38(45)40-29-34(27-28-46(40)56)55-43-23-11-7-19-36(43)37-20-8-12-24-44(37)55;1-3-14-31(15-4-1)49-52-50(32-16-5-2-6-17-32)54-51(53-49)42-30-34(29-41-39-20-9-12-25-46(39)57-48(41)42)55-43-23-10-7-18-36(43)37-27-26-33(28-44(37)55)35-21-13-22-40-38-19-8-11-24-45(38)56-47(35)40/h1-31H;1-30H. The molecule has 8 heterocycles. The van der Waals surface area contributed by atoms with Crippen LogP contribution in [-0.2, 0) is 0 Å². The lowest BCUT2D eigenvalue weighted by Gasteiger charge is -2.13. The number of hydrogen-bond donors (Lipinski definition) is 0. The summed E-state index contributed by atoms with van der Waals surface area (Å²) in [5.74, 6) is 3.86. The van der Waals surface area contributed by atoms with Gasteiger partial charge in [-0.25, -0.2) is 29.9 Å². The number of nitrogens with zero attached hydrogens (tertiary/aromatic N) is 9. The topological polar surface area (TPSA) is 105 Å². The molecule has 10 nitrogen and oxygen atoms in total. The van der Waals surface area contributed by atoms with Gasteiger partial charge in [-0.15, -0.1) is 22.7 Å². The Labute approximate surface area is 660 Å². The van der Waals surface area contributed by atoms with Crippen molar-refractivity contribution in [2.45, 2.75) is 0 Å². The van der Waals surface area contributed by atoms with Crippen molar-refractivity contribution < 1.29 is 4.42 Å². The van der Waals surface area contributed by atoms with Gasteiger partial charge in [-0.1, -0.05) is 279 Å². The second kappa shape index (κ2) is 26.5. The van der Waals surface area contributed by atoms with Crippen molar-refractivity contribution in [2.24, 2.45) is 0 Å². The summed E-state index contributed by atoms with van der Waals surface area (Å²) in [4.78, 5) is 31.0. The van der Waals surface area contributed by atoms with Crippen molar-refractivity contribution in [3.05, 3.63) is 370 Å². The van der Waals surface area contributed by atoms with Gasteiger partial charge in [-0.2, -0.15) is 0 Å². The molecule has 0 bridgehead atoms. The first kappa shape index (κ1) is 65.1. The SMILES string of the molecule is c1ccc(-c2nc(-c3ccccc3)nc(-c3cc(-n4c5ccccc5c5cc(-n6c7ccccc7c7ccccc76)ccc54)cc4c3sc3ccccc34)n2)cc1.c1ccc(-c2nc(-c3ccccc3)nc(-c3cc(-n4c5ccccc5c5ccc(-c6cccc7c6oc6ccccc67)cc54)cc4c3sc3ccccc34)n2)cc1. The Morgan fingerprint density at radius 3 is 1.03 bits per heavy atom. The number of rotatable bonds is 10. The second-order valence-corrected chi connectivity index (χ2v) is 30.9. The van der Waals surface area contributed by atoms with E-state index in [1.165, 1.54) is 74.3 Å². The average Bonchev–Trinajstić information content (AvgIpc) is 1.56. The maximum absolute atomic E-state index is 6.53. The lowest BCUT2D eigenvalue weighted by molar-refractivity contribution is 0.670. The van der Waals surface area contributed by atoms with Crippen LogP contribution in [0.25, 0.3) is 224 Å². The highest BCUT2D eigenvalue weighted by Crippen LogP contribution is 2.48. The molecular formula is C102H61N9OS2. The van der Waals surface area contributed by atoms with E-state index in [9.17, 15) is 0 Å². The summed E-state index contributed by atoms with van der Waals surface area (Å²) in [5, 5.41) is 14.3. The fraction of sp³-hybridized carbons (Fsp3) is 0.